The van der Waals surface area contributed by atoms with E-state index in [9.17, 15) is 14.4 Å². The van der Waals surface area contributed by atoms with E-state index in [2.05, 4.69) is 5.32 Å². The molecule has 1 fully saturated rings. The molecule has 4 aliphatic rings. The van der Waals surface area contributed by atoms with E-state index in [1.54, 1.807) is 31.4 Å². The number of nitrogens with zero attached hydrogens (tertiary/aromatic N) is 1. The summed E-state index contributed by atoms with van der Waals surface area (Å²) in [6.07, 6.45) is 2.28. The molecule has 1 N–H and O–H groups in total. The summed E-state index contributed by atoms with van der Waals surface area (Å²) in [5.41, 5.74) is 3.90. The van der Waals surface area contributed by atoms with Gasteiger partial charge >= 0.3 is 0 Å². The number of carbonyl (C=O) groups is 3. The predicted molar refractivity (Wildman–Crippen MR) is 150 cm³/mol. The quantitative estimate of drug-likeness (QED) is 0.214. The highest BCUT2D eigenvalue weighted by atomic mass is 35.5. The lowest BCUT2D eigenvalue weighted by Crippen LogP contribution is -2.57. The van der Waals surface area contributed by atoms with Crippen LogP contribution in [0, 0.1) is 11.8 Å². The molecule has 200 valence electrons. The maximum Gasteiger partial charge on any atom is 0.235 e. The van der Waals surface area contributed by atoms with Crippen LogP contribution in [-0.4, -0.2) is 36.3 Å². The molecule has 3 aliphatic carbocycles. The fraction of sp³-hybridized carbons (Fsp3) is 0.323. The van der Waals surface area contributed by atoms with Crippen molar-refractivity contribution in [2.45, 2.75) is 35.4 Å². The highest BCUT2D eigenvalue weighted by Crippen LogP contribution is 2.69. The molecule has 2 bridgehead atoms. The molecule has 2 atom stereocenters. The molecule has 8 heteroatoms. The Labute approximate surface area is 237 Å². The van der Waals surface area contributed by atoms with Crippen molar-refractivity contribution in [3.63, 3.8) is 0 Å². The maximum atomic E-state index is 13.8. The monoisotopic (exact) mass is 562 g/mol. The standard InChI is InChI=1S/C31H28Cl2N2O4/c1-39-20-16-14-19(15-17-20)34-25(36)13-3-2-8-18-35-28(37)26-27(29(35)38)31(33)22-10-5-4-9-21(22)30(26,32)23-11-6-7-12-24(23)31/h4-7,9-12,14-17,26-27H,2-3,8,13,18H2,1H3,(H,34,36)/t26-,27-,30?,31?/m0/s1. The average Bonchev–Trinajstić information content (AvgIpc) is 3.22. The fourth-order valence-electron chi connectivity index (χ4n) is 6.58. The van der Waals surface area contributed by atoms with Crippen LogP contribution < -0.4 is 10.1 Å². The summed E-state index contributed by atoms with van der Waals surface area (Å²) < 4.78 is 5.13. The Kier molecular flexibility index (Phi) is 6.43. The highest BCUT2D eigenvalue weighted by molar-refractivity contribution is 6.36. The van der Waals surface area contributed by atoms with E-state index in [0.29, 0.717) is 31.4 Å². The first-order chi connectivity index (χ1) is 18.8. The number of rotatable bonds is 8. The van der Waals surface area contributed by atoms with Crippen molar-refractivity contribution in [2.75, 3.05) is 19.0 Å². The number of hydrogen-bond donors (Lipinski definition) is 1. The number of likely N-dealkylation sites (tertiary alicyclic amines) is 1. The number of anilines is 1. The highest BCUT2D eigenvalue weighted by Gasteiger charge is 2.72. The summed E-state index contributed by atoms with van der Waals surface area (Å²) >= 11 is 14.9. The van der Waals surface area contributed by atoms with Gasteiger partial charge in [-0.05, 0) is 59.4 Å². The van der Waals surface area contributed by atoms with E-state index < -0.39 is 21.6 Å². The number of ether oxygens (including phenoxy) is 1. The summed E-state index contributed by atoms with van der Waals surface area (Å²) in [6, 6.07) is 22.4. The number of unbranched alkanes of at least 4 members (excludes halogenated alkanes) is 2. The molecule has 3 aromatic rings. The molecule has 0 saturated carbocycles. The van der Waals surface area contributed by atoms with E-state index in [-0.39, 0.29) is 24.3 Å². The minimum Gasteiger partial charge on any atom is -0.497 e. The number of halogens is 2. The van der Waals surface area contributed by atoms with Crippen molar-refractivity contribution < 1.29 is 19.1 Å². The lowest BCUT2D eigenvalue weighted by molar-refractivity contribution is -0.140. The van der Waals surface area contributed by atoms with Gasteiger partial charge in [-0.3, -0.25) is 19.3 Å². The van der Waals surface area contributed by atoms with Gasteiger partial charge in [0.2, 0.25) is 17.7 Å². The molecule has 39 heavy (non-hydrogen) atoms. The number of hydrogen-bond acceptors (Lipinski definition) is 4. The van der Waals surface area contributed by atoms with Crippen LogP contribution in [0.3, 0.4) is 0 Å². The molecule has 1 heterocycles. The van der Waals surface area contributed by atoms with Crippen LogP contribution in [0.4, 0.5) is 5.69 Å². The van der Waals surface area contributed by atoms with Gasteiger partial charge in [0.1, 0.15) is 15.5 Å². The van der Waals surface area contributed by atoms with Crippen molar-refractivity contribution in [3.05, 3.63) is 95.1 Å². The molecule has 0 radical (unpaired) electrons. The van der Waals surface area contributed by atoms with Crippen molar-refractivity contribution in [1.29, 1.82) is 0 Å². The van der Waals surface area contributed by atoms with Crippen molar-refractivity contribution in [3.8, 4) is 5.75 Å². The Morgan fingerprint density at radius 2 is 1.28 bits per heavy atom. The molecule has 6 nitrogen and oxygen atoms in total. The van der Waals surface area contributed by atoms with E-state index in [1.165, 1.54) is 4.90 Å². The Hall–Kier alpha value is -3.35. The molecule has 3 amide bonds. The molecule has 0 aromatic heterocycles. The van der Waals surface area contributed by atoms with Crippen LogP contribution in [-0.2, 0) is 24.1 Å². The molecule has 0 spiro atoms. The third-order valence-corrected chi connectivity index (χ3v) is 9.62. The number of carbonyl (C=O) groups excluding carboxylic acids is 3. The van der Waals surface area contributed by atoms with Gasteiger partial charge in [0.15, 0.2) is 0 Å². The number of nitrogens with one attached hydrogen (secondary N) is 1. The minimum absolute atomic E-state index is 0.0835. The van der Waals surface area contributed by atoms with Gasteiger partial charge in [-0.2, -0.15) is 0 Å². The van der Waals surface area contributed by atoms with Crippen LogP contribution >= 0.6 is 23.2 Å². The van der Waals surface area contributed by atoms with Gasteiger partial charge in [0.05, 0.1) is 18.9 Å². The normalized spacial score (nSPS) is 26.2. The molecular formula is C31H28Cl2N2O4. The van der Waals surface area contributed by atoms with Gasteiger partial charge in [-0.1, -0.05) is 55.0 Å². The summed E-state index contributed by atoms with van der Waals surface area (Å²) in [6.45, 7) is 0.275. The number of benzene rings is 3. The van der Waals surface area contributed by atoms with Crippen LogP contribution in [0.25, 0.3) is 0 Å². The first kappa shape index (κ1) is 25.9. The van der Waals surface area contributed by atoms with E-state index in [0.717, 1.165) is 28.0 Å². The average molecular weight is 563 g/mol. The largest absolute Gasteiger partial charge is 0.497 e. The zero-order chi connectivity index (χ0) is 27.4. The van der Waals surface area contributed by atoms with E-state index in [1.807, 2.05) is 48.5 Å². The van der Waals surface area contributed by atoms with Gasteiger partial charge in [0, 0.05) is 18.7 Å². The van der Waals surface area contributed by atoms with Gasteiger partial charge < -0.3 is 10.1 Å². The van der Waals surface area contributed by atoms with Crippen molar-refractivity contribution in [1.82, 2.24) is 4.90 Å². The SMILES string of the molecule is COc1ccc(NC(=O)CCCCCN2C(=O)[C@@H]3[C@@H](C2=O)C2(Cl)c4ccccc4C3(Cl)c3ccccc32)cc1. The Morgan fingerprint density at radius 1 is 0.795 bits per heavy atom. The topological polar surface area (TPSA) is 75.7 Å². The second kappa shape index (κ2) is 9.68. The molecule has 1 aliphatic heterocycles. The zero-order valence-corrected chi connectivity index (χ0v) is 23.0. The van der Waals surface area contributed by atoms with Gasteiger partial charge in [-0.15, -0.1) is 23.2 Å². The lowest BCUT2D eigenvalue weighted by Gasteiger charge is -2.54. The second-order valence-electron chi connectivity index (χ2n) is 10.4. The van der Waals surface area contributed by atoms with Gasteiger partial charge in [-0.25, -0.2) is 0 Å². The van der Waals surface area contributed by atoms with Gasteiger partial charge in [0.25, 0.3) is 0 Å². The van der Waals surface area contributed by atoms with Crippen LogP contribution in [0.1, 0.15) is 47.9 Å². The fourth-order valence-corrected chi connectivity index (χ4v) is 7.67. The summed E-state index contributed by atoms with van der Waals surface area (Å²) in [5.74, 6) is -1.45. The second-order valence-corrected chi connectivity index (χ2v) is 11.6. The Bertz CT molecular complexity index is 1350. The molecular weight excluding hydrogens is 535 g/mol. The number of methoxy groups -OCH3 is 1. The summed E-state index contributed by atoms with van der Waals surface area (Å²) in [4.78, 5) is 39.0. The maximum absolute atomic E-state index is 13.8. The van der Waals surface area contributed by atoms with Crippen LogP contribution in [0.2, 0.25) is 0 Å². The minimum atomic E-state index is -1.16. The molecule has 0 unspecified atom stereocenters. The Balaban J connectivity index is 1.14. The van der Waals surface area contributed by atoms with Crippen molar-refractivity contribution in [2.24, 2.45) is 11.8 Å². The smallest absolute Gasteiger partial charge is 0.235 e. The third-order valence-electron chi connectivity index (χ3n) is 8.34. The number of alkyl halides is 2. The zero-order valence-electron chi connectivity index (χ0n) is 21.5. The molecule has 7 rings (SSSR count). The summed E-state index contributed by atoms with van der Waals surface area (Å²) in [5, 5.41) is 2.87. The first-order valence-electron chi connectivity index (χ1n) is 13.2. The predicted octanol–water partition coefficient (Wildman–Crippen LogP) is 5.79. The van der Waals surface area contributed by atoms with E-state index in [4.69, 9.17) is 27.9 Å². The van der Waals surface area contributed by atoms with Crippen LogP contribution in [0.15, 0.2) is 72.8 Å². The molecule has 1 saturated heterocycles. The third kappa shape index (κ3) is 3.80. The lowest BCUT2D eigenvalue weighted by atomic mass is 9.54. The van der Waals surface area contributed by atoms with Crippen molar-refractivity contribution >= 4 is 46.6 Å². The summed E-state index contributed by atoms with van der Waals surface area (Å²) in [7, 11) is 1.59. The number of imide groups is 1. The first-order valence-corrected chi connectivity index (χ1v) is 13.9. The molecule has 3 aromatic carbocycles. The van der Waals surface area contributed by atoms with E-state index >= 15 is 0 Å². The van der Waals surface area contributed by atoms with Crippen LogP contribution in [0.5, 0.6) is 5.75 Å². The Morgan fingerprint density at radius 3 is 1.74 bits per heavy atom. The number of amides is 3.